The average molecular weight is 323 g/mol. The fourth-order valence-electron chi connectivity index (χ4n) is 0.994. The lowest BCUT2D eigenvalue weighted by Gasteiger charge is -2.12. The Labute approximate surface area is 103 Å². The number of aromatic nitrogens is 2. The number of halogens is 1. The lowest BCUT2D eigenvalue weighted by atomic mass is 10.3. The Bertz CT molecular complexity index is 328. The minimum absolute atomic E-state index is 0.396. The maximum absolute atomic E-state index is 4.43. The predicted molar refractivity (Wildman–Crippen MR) is 70.0 cm³/mol. The summed E-state index contributed by atoms with van der Waals surface area (Å²) in [5, 5.41) is 4.14. The molecule has 0 atom stereocenters. The average Bonchev–Trinajstić information content (AvgIpc) is 2.11. The summed E-state index contributed by atoms with van der Waals surface area (Å²) in [6, 6.07) is 0.396. The van der Waals surface area contributed by atoms with Gasteiger partial charge in [-0.05, 0) is 49.6 Å². The van der Waals surface area contributed by atoms with Crippen LogP contribution in [0, 0.1) is 10.5 Å². The summed E-state index contributed by atoms with van der Waals surface area (Å²) in [5.41, 5.74) is 1.04. The summed E-state index contributed by atoms with van der Waals surface area (Å²) in [7, 11) is 0. The van der Waals surface area contributed by atoms with Crippen molar-refractivity contribution in [3.05, 3.63) is 9.26 Å². The Hall–Kier alpha value is -0.0400. The smallest absolute Gasteiger partial charge is 0.189 e. The largest absolute Gasteiger partial charge is 0.367 e. The van der Waals surface area contributed by atoms with Gasteiger partial charge in [0.15, 0.2) is 5.16 Å². The Balaban J connectivity index is 3.07. The molecular formula is C9H14IN3S. The molecule has 0 saturated carbocycles. The van der Waals surface area contributed by atoms with Crippen molar-refractivity contribution in [2.45, 2.75) is 32.0 Å². The van der Waals surface area contributed by atoms with Crippen LogP contribution < -0.4 is 5.32 Å². The summed E-state index contributed by atoms with van der Waals surface area (Å²) in [6.07, 6.45) is 1.99. The molecule has 78 valence electrons. The molecule has 14 heavy (non-hydrogen) atoms. The van der Waals surface area contributed by atoms with E-state index in [4.69, 9.17) is 0 Å². The standard InChI is InChI=1S/C9H14IN3S/c1-5(2)11-8-7(10)6(3)12-9(13-8)14-4/h5H,1-4H3,(H,11,12,13). The summed E-state index contributed by atoms with van der Waals surface area (Å²) in [4.78, 5) is 8.79. The van der Waals surface area contributed by atoms with Gasteiger partial charge in [-0.3, -0.25) is 0 Å². The summed E-state index contributed by atoms with van der Waals surface area (Å²) in [5.74, 6) is 0.942. The fraction of sp³-hybridized carbons (Fsp3) is 0.556. The fourth-order valence-corrected chi connectivity index (χ4v) is 1.80. The molecule has 1 rings (SSSR count). The van der Waals surface area contributed by atoms with Gasteiger partial charge in [-0.1, -0.05) is 11.8 Å². The zero-order chi connectivity index (χ0) is 10.7. The maximum Gasteiger partial charge on any atom is 0.189 e. The number of rotatable bonds is 3. The molecule has 0 aliphatic carbocycles. The molecule has 1 N–H and O–H groups in total. The number of aryl methyl sites for hydroxylation is 1. The molecule has 1 heterocycles. The lowest BCUT2D eigenvalue weighted by Crippen LogP contribution is -2.13. The van der Waals surface area contributed by atoms with Gasteiger partial charge >= 0.3 is 0 Å². The zero-order valence-electron chi connectivity index (χ0n) is 8.76. The van der Waals surface area contributed by atoms with E-state index in [9.17, 15) is 0 Å². The number of nitrogens with one attached hydrogen (secondary N) is 1. The van der Waals surface area contributed by atoms with Crippen LogP contribution in [-0.4, -0.2) is 22.3 Å². The highest BCUT2D eigenvalue weighted by atomic mass is 127. The topological polar surface area (TPSA) is 37.8 Å². The van der Waals surface area contributed by atoms with Crippen LogP contribution in [0.3, 0.4) is 0 Å². The Morgan fingerprint density at radius 2 is 2.00 bits per heavy atom. The Morgan fingerprint density at radius 1 is 1.36 bits per heavy atom. The van der Waals surface area contributed by atoms with Crippen LogP contribution in [0.1, 0.15) is 19.5 Å². The van der Waals surface area contributed by atoms with Crippen LogP contribution in [0.5, 0.6) is 0 Å². The maximum atomic E-state index is 4.43. The SMILES string of the molecule is CSc1nc(C)c(I)c(NC(C)C)n1. The summed E-state index contributed by atoms with van der Waals surface area (Å²) in [6.45, 7) is 6.22. The van der Waals surface area contributed by atoms with E-state index in [0.29, 0.717) is 6.04 Å². The quantitative estimate of drug-likeness (QED) is 0.527. The van der Waals surface area contributed by atoms with Gasteiger partial charge in [0.25, 0.3) is 0 Å². The highest BCUT2D eigenvalue weighted by Gasteiger charge is 2.09. The highest BCUT2D eigenvalue weighted by Crippen LogP contribution is 2.22. The van der Waals surface area contributed by atoms with E-state index in [0.717, 1.165) is 20.2 Å². The molecule has 0 aromatic carbocycles. The first-order chi connectivity index (χ1) is 6.54. The van der Waals surface area contributed by atoms with Crippen molar-refractivity contribution in [1.82, 2.24) is 9.97 Å². The Morgan fingerprint density at radius 3 is 2.50 bits per heavy atom. The van der Waals surface area contributed by atoms with Crippen LogP contribution in [0.15, 0.2) is 5.16 Å². The van der Waals surface area contributed by atoms with Crippen molar-refractivity contribution >= 4 is 40.2 Å². The molecule has 3 nitrogen and oxygen atoms in total. The monoisotopic (exact) mass is 323 g/mol. The molecule has 1 aromatic rings. The van der Waals surface area contributed by atoms with E-state index < -0.39 is 0 Å². The molecule has 0 bridgehead atoms. The van der Waals surface area contributed by atoms with Gasteiger partial charge in [0.05, 0.1) is 9.26 Å². The van der Waals surface area contributed by atoms with Crippen LogP contribution in [-0.2, 0) is 0 Å². The molecule has 5 heteroatoms. The molecule has 0 fully saturated rings. The van der Waals surface area contributed by atoms with Gasteiger partial charge in [0.2, 0.25) is 0 Å². The zero-order valence-corrected chi connectivity index (χ0v) is 11.7. The highest BCUT2D eigenvalue weighted by molar-refractivity contribution is 14.1. The van der Waals surface area contributed by atoms with Gasteiger partial charge in [-0.15, -0.1) is 0 Å². The van der Waals surface area contributed by atoms with Crippen LogP contribution >= 0.6 is 34.4 Å². The number of hydrogen-bond acceptors (Lipinski definition) is 4. The minimum atomic E-state index is 0.396. The summed E-state index contributed by atoms with van der Waals surface area (Å²) >= 11 is 3.84. The second-order valence-corrected chi connectivity index (χ2v) is 5.11. The van der Waals surface area contributed by atoms with Gasteiger partial charge in [0, 0.05) is 6.04 Å². The van der Waals surface area contributed by atoms with Gasteiger partial charge in [-0.2, -0.15) is 0 Å². The molecule has 0 radical (unpaired) electrons. The van der Waals surface area contributed by atoms with Gasteiger partial charge in [0.1, 0.15) is 5.82 Å². The molecule has 1 aromatic heterocycles. The Kier molecular flexibility index (Phi) is 4.43. The molecule has 0 saturated heterocycles. The normalized spacial score (nSPS) is 10.7. The first-order valence-electron chi connectivity index (χ1n) is 4.39. The molecule has 0 unspecified atom stereocenters. The molecular weight excluding hydrogens is 309 g/mol. The third-order valence-electron chi connectivity index (χ3n) is 1.60. The van der Waals surface area contributed by atoms with Crippen molar-refractivity contribution < 1.29 is 0 Å². The lowest BCUT2D eigenvalue weighted by molar-refractivity contribution is 0.854. The molecule has 0 spiro atoms. The van der Waals surface area contributed by atoms with Gasteiger partial charge in [-0.25, -0.2) is 9.97 Å². The third kappa shape index (κ3) is 2.98. The van der Waals surface area contributed by atoms with Crippen LogP contribution in [0.4, 0.5) is 5.82 Å². The number of anilines is 1. The second-order valence-electron chi connectivity index (χ2n) is 3.26. The predicted octanol–water partition coefficient (Wildman–Crippen LogP) is 2.93. The van der Waals surface area contributed by atoms with Crippen molar-refractivity contribution in [3.8, 4) is 0 Å². The van der Waals surface area contributed by atoms with Gasteiger partial charge < -0.3 is 5.32 Å². The van der Waals surface area contributed by atoms with E-state index in [1.807, 2.05) is 13.2 Å². The minimum Gasteiger partial charge on any atom is -0.367 e. The molecule has 0 amide bonds. The molecule has 0 aliphatic rings. The van der Waals surface area contributed by atoms with E-state index in [1.54, 1.807) is 11.8 Å². The van der Waals surface area contributed by atoms with Crippen LogP contribution in [0.2, 0.25) is 0 Å². The molecule has 0 aliphatic heterocycles. The summed E-state index contributed by atoms with van der Waals surface area (Å²) < 4.78 is 1.11. The van der Waals surface area contributed by atoms with Crippen molar-refractivity contribution in [3.63, 3.8) is 0 Å². The third-order valence-corrected chi connectivity index (χ3v) is 3.44. The first-order valence-corrected chi connectivity index (χ1v) is 6.69. The second kappa shape index (κ2) is 5.16. The van der Waals surface area contributed by atoms with Crippen LogP contribution in [0.25, 0.3) is 0 Å². The van der Waals surface area contributed by atoms with E-state index in [1.165, 1.54) is 0 Å². The first kappa shape index (κ1) is 12.0. The van der Waals surface area contributed by atoms with Crippen molar-refractivity contribution in [1.29, 1.82) is 0 Å². The van der Waals surface area contributed by atoms with E-state index in [2.05, 4.69) is 51.7 Å². The number of hydrogen-bond donors (Lipinski definition) is 1. The number of nitrogens with zero attached hydrogens (tertiary/aromatic N) is 2. The number of thioether (sulfide) groups is 1. The van der Waals surface area contributed by atoms with E-state index in [-0.39, 0.29) is 0 Å². The van der Waals surface area contributed by atoms with Crippen molar-refractivity contribution in [2.24, 2.45) is 0 Å². The van der Waals surface area contributed by atoms with Crippen molar-refractivity contribution in [2.75, 3.05) is 11.6 Å². The van der Waals surface area contributed by atoms with E-state index >= 15 is 0 Å².